The number of aromatic nitrogens is 1. The second kappa shape index (κ2) is 7.76. The van der Waals surface area contributed by atoms with Gasteiger partial charge in [-0.15, -0.1) is 29.3 Å². The molecule has 0 atom stereocenters. The first-order valence-corrected chi connectivity index (χ1v) is 9.84. The summed E-state index contributed by atoms with van der Waals surface area (Å²) in [6.07, 6.45) is 3.72. The number of nitrogens with zero attached hydrogens (tertiary/aromatic N) is 3. The molecule has 0 unspecified atom stereocenters. The van der Waals surface area contributed by atoms with E-state index in [-0.39, 0.29) is 0 Å². The minimum absolute atomic E-state index is 0.584. The number of hydrogen-bond donors (Lipinski definition) is 0. The molecule has 2 aromatic heterocycles. The van der Waals surface area contributed by atoms with Crippen LogP contribution in [0.15, 0.2) is 57.8 Å². The largest absolute Gasteiger partial charge is 0.253 e. The van der Waals surface area contributed by atoms with Crippen LogP contribution in [-0.2, 0) is 0 Å². The Labute approximate surface area is 156 Å². The van der Waals surface area contributed by atoms with Crippen molar-refractivity contribution in [1.29, 1.82) is 0 Å². The zero-order valence-corrected chi connectivity index (χ0v) is 16.3. The van der Waals surface area contributed by atoms with E-state index in [2.05, 4.69) is 67.4 Å². The summed E-state index contributed by atoms with van der Waals surface area (Å²) in [4.78, 5) is 6.63. The van der Waals surface area contributed by atoms with Gasteiger partial charge in [-0.05, 0) is 55.0 Å². The van der Waals surface area contributed by atoms with Crippen molar-refractivity contribution in [3.63, 3.8) is 0 Å². The highest BCUT2D eigenvalue weighted by Crippen LogP contribution is 2.23. The Balaban J connectivity index is 2.11. The summed E-state index contributed by atoms with van der Waals surface area (Å²) in [6, 6.07) is 8.61. The molecule has 128 valence electrons. The molecule has 0 aliphatic heterocycles. The van der Waals surface area contributed by atoms with Crippen LogP contribution in [0.3, 0.4) is 0 Å². The molecule has 3 nitrogen and oxygen atoms in total. The topological polar surface area (TPSA) is 29.6 Å². The molecule has 0 fully saturated rings. The first kappa shape index (κ1) is 17.6. The van der Waals surface area contributed by atoms with Crippen molar-refractivity contribution in [2.75, 3.05) is 6.54 Å². The van der Waals surface area contributed by atoms with Crippen LogP contribution in [0.25, 0.3) is 11.3 Å². The van der Waals surface area contributed by atoms with Gasteiger partial charge in [0, 0.05) is 10.9 Å². The molecule has 0 N–H and O–H groups in total. The molecule has 5 heteroatoms. The van der Waals surface area contributed by atoms with Crippen molar-refractivity contribution in [3.05, 3.63) is 74.0 Å². The van der Waals surface area contributed by atoms with Crippen LogP contribution in [-0.4, -0.2) is 17.4 Å². The molecule has 0 radical (unpaired) electrons. The van der Waals surface area contributed by atoms with Crippen molar-refractivity contribution in [2.24, 2.45) is 10.1 Å². The Morgan fingerprint density at radius 3 is 2.60 bits per heavy atom. The van der Waals surface area contributed by atoms with Gasteiger partial charge in [-0.25, -0.2) is 4.68 Å². The van der Waals surface area contributed by atoms with Gasteiger partial charge in [-0.3, -0.25) is 4.99 Å². The van der Waals surface area contributed by atoms with E-state index < -0.39 is 0 Å². The molecule has 0 aliphatic carbocycles. The molecule has 0 spiro atoms. The third-order valence-electron chi connectivity index (χ3n) is 4.04. The fraction of sp³-hybridized carbons (Fsp3) is 0.200. The number of rotatable bonds is 5. The average Bonchev–Trinajstić information content (AvgIpc) is 3.19. The van der Waals surface area contributed by atoms with Gasteiger partial charge in [0.2, 0.25) is 4.80 Å². The zero-order valence-electron chi connectivity index (χ0n) is 14.7. The molecule has 25 heavy (non-hydrogen) atoms. The summed E-state index contributed by atoms with van der Waals surface area (Å²) in [5, 5.41) is 8.94. The predicted molar refractivity (Wildman–Crippen MR) is 110 cm³/mol. The molecule has 3 rings (SSSR count). The summed E-state index contributed by atoms with van der Waals surface area (Å²) < 4.78 is 1.93. The van der Waals surface area contributed by atoms with Crippen molar-refractivity contribution < 1.29 is 0 Å². The first-order valence-electron chi connectivity index (χ1n) is 8.08. The smallest absolute Gasteiger partial charge is 0.206 e. The molecular formula is C20H21N3S2. The lowest BCUT2D eigenvalue weighted by Crippen LogP contribution is -2.12. The fourth-order valence-corrected chi connectivity index (χ4v) is 4.02. The van der Waals surface area contributed by atoms with Crippen LogP contribution in [0.4, 0.5) is 0 Å². The maximum absolute atomic E-state index is 4.74. The number of benzene rings is 1. The van der Waals surface area contributed by atoms with E-state index in [4.69, 9.17) is 5.10 Å². The highest BCUT2D eigenvalue weighted by molar-refractivity contribution is 7.11. The van der Waals surface area contributed by atoms with E-state index in [1.807, 2.05) is 10.9 Å². The molecule has 0 bridgehead atoms. The van der Waals surface area contributed by atoms with Crippen LogP contribution < -0.4 is 4.80 Å². The Morgan fingerprint density at radius 2 is 1.92 bits per heavy atom. The van der Waals surface area contributed by atoms with Gasteiger partial charge in [0.1, 0.15) is 0 Å². The van der Waals surface area contributed by atoms with E-state index in [1.54, 1.807) is 28.7 Å². The van der Waals surface area contributed by atoms with E-state index >= 15 is 0 Å². The third kappa shape index (κ3) is 3.89. The maximum atomic E-state index is 4.74. The van der Waals surface area contributed by atoms with E-state index in [1.165, 1.54) is 21.6 Å². The second-order valence-corrected chi connectivity index (χ2v) is 7.64. The van der Waals surface area contributed by atoms with Gasteiger partial charge < -0.3 is 0 Å². The maximum Gasteiger partial charge on any atom is 0.206 e. The molecule has 0 aliphatic rings. The van der Waals surface area contributed by atoms with Crippen molar-refractivity contribution in [1.82, 2.24) is 4.68 Å². The van der Waals surface area contributed by atoms with Crippen molar-refractivity contribution >= 4 is 28.9 Å². The van der Waals surface area contributed by atoms with Crippen molar-refractivity contribution in [3.8, 4) is 11.3 Å². The lowest BCUT2D eigenvalue weighted by molar-refractivity contribution is 0.840. The second-order valence-electron chi connectivity index (χ2n) is 5.86. The Bertz CT molecular complexity index is 987. The molecule has 2 heterocycles. The van der Waals surface area contributed by atoms with Crippen molar-refractivity contribution in [2.45, 2.75) is 20.8 Å². The standard InChI is InChI=1S/C20H21N3S2/c1-5-9-21-20-23(22-12-19-15(3)8-10-24-19)18(13-25-20)17-7-6-14(2)16(4)11-17/h5-8,10-13H,1,9H2,2-4H3. The quantitative estimate of drug-likeness (QED) is 0.440. The minimum Gasteiger partial charge on any atom is -0.253 e. The summed E-state index contributed by atoms with van der Waals surface area (Å²) in [5.41, 5.74) is 6.01. The zero-order chi connectivity index (χ0) is 17.8. The molecule has 0 saturated heterocycles. The SMILES string of the molecule is C=CCN=c1scc(-c2ccc(C)c(C)c2)n1N=Cc1sccc1C. The van der Waals surface area contributed by atoms with E-state index in [0.29, 0.717) is 6.54 Å². The number of thiazole rings is 1. The Hall–Kier alpha value is -2.24. The molecule has 0 saturated carbocycles. The van der Waals surface area contributed by atoms with Gasteiger partial charge >= 0.3 is 0 Å². The Kier molecular flexibility index (Phi) is 5.46. The van der Waals surface area contributed by atoms with Gasteiger partial charge in [0.05, 0.1) is 23.3 Å². The molecule has 0 amide bonds. The molecule has 3 aromatic rings. The van der Waals surface area contributed by atoms with Gasteiger partial charge in [-0.2, -0.15) is 5.10 Å². The summed E-state index contributed by atoms with van der Waals surface area (Å²) in [6.45, 7) is 10.7. The van der Waals surface area contributed by atoms with Crippen LogP contribution in [0.2, 0.25) is 0 Å². The highest BCUT2D eigenvalue weighted by Gasteiger charge is 2.08. The summed E-state index contributed by atoms with van der Waals surface area (Å²) in [7, 11) is 0. The predicted octanol–water partition coefficient (Wildman–Crippen LogP) is 5.17. The van der Waals surface area contributed by atoms with E-state index in [0.717, 1.165) is 16.1 Å². The summed E-state index contributed by atoms with van der Waals surface area (Å²) in [5.74, 6) is 0. The third-order valence-corrected chi connectivity index (χ3v) is 5.84. The number of aryl methyl sites for hydroxylation is 3. The van der Waals surface area contributed by atoms with Gasteiger partial charge in [0.25, 0.3) is 0 Å². The normalized spacial score (nSPS) is 12.2. The minimum atomic E-state index is 0.584. The van der Waals surface area contributed by atoms with Gasteiger partial charge in [0.15, 0.2) is 0 Å². The molecule has 1 aromatic carbocycles. The lowest BCUT2D eigenvalue weighted by Gasteiger charge is -2.06. The van der Waals surface area contributed by atoms with Crippen LogP contribution in [0, 0.1) is 20.8 Å². The first-order chi connectivity index (χ1) is 12.1. The monoisotopic (exact) mass is 367 g/mol. The van der Waals surface area contributed by atoms with Crippen LogP contribution >= 0.6 is 22.7 Å². The average molecular weight is 368 g/mol. The lowest BCUT2D eigenvalue weighted by atomic mass is 10.1. The Morgan fingerprint density at radius 1 is 1.08 bits per heavy atom. The fourth-order valence-electron chi connectivity index (χ4n) is 2.39. The van der Waals surface area contributed by atoms with Crippen LogP contribution in [0.1, 0.15) is 21.6 Å². The number of thiophene rings is 1. The van der Waals surface area contributed by atoms with E-state index in [9.17, 15) is 0 Å². The molecular weight excluding hydrogens is 346 g/mol. The van der Waals surface area contributed by atoms with Crippen LogP contribution in [0.5, 0.6) is 0 Å². The number of hydrogen-bond acceptors (Lipinski definition) is 4. The summed E-state index contributed by atoms with van der Waals surface area (Å²) >= 11 is 3.30. The highest BCUT2D eigenvalue weighted by atomic mass is 32.1. The van der Waals surface area contributed by atoms with Gasteiger partial charge in [-0.1, -0.05) is 18.2 Å².